The molecule has 4 nitrogen and oxygen atoms in total. The Morgan fingerprint density at radius 1 is 1.18 bits per heavy atom. The third-order valence-electron chi connectivity index (χ3n) is 2.60. The van der Waals surface area contributed by atoms with E-state index in [1.807, 2.05) is 12.1 Å². The number of carbonyl (C=O) groups is 1. The topological polar surface area (TPSA) is 54.4 Å². The summed E-state index contributed by atoms with van der Waals surface area (Å²) in [5.41, 5.74) is 3.04. The Labute approximate surface area is 139 Å². The lowest BCUT2D eigenvalue weighted by Crippen LogP contribution is -2.17. The van der Waals surface area contributed by atoms with Crippen LogP contribution in [-0.2, 0) is 0 Å². The molecule has 3 aromatic heterocycles. The van der Waals surface area contributed by atoms with Crippen LogP contribution in [0.4, 0.5) is 0 Å². The third-order valence-corrected chi connectivity index (χ3v) is 5.79. The van der Waals surface area contributed by atoms with Gasteiger partial charge in [-0.1, -0.05) is 17.8 Å². The maximum absolute atomic E-state index is 11.8. The van der Waals surface area contributed by atoms with Crippen molar-refractivity contribution in [2.75, 3.05) is 0 Å². The van der Waals surface area contributed by atoms with Crippen molar-refractivity contribution in [1.82, 2.24) is 10.4 Å². The first-order valence-corrected chi connectivity index (χ1v) is 8.87. The van der Waals surface area contributed by atoms with Gasteiger partial charge in [-0.25, -0.2) is 5.43 Å². The summed E-state index contributed by atoms with van der Waals surface area (Å²) in [6.07, 6.45) is 4.81. The molecule has 0 bridgehead atoms. The number of thiophene rings is 2. The van der Waals surface area contributed by atoms with Crippen molar-refractivity contribution >= 4 is 46.6 Å². The molecule has 0 fully saturated rings. The van der Waals surface area contributed by atoms with Crippen molar-refractivity contribution in [3.63, 3.8) is 0 Å². The molecule has 0 radical (unpaired) electrons. The fourth-order valence-electron chi connectivity index (χ4n) is 1.60. The van der Waals surface area contributed by atoms with Crippen molar-refractivity contribution in [3.8, 4) is 0 Å². The van der Waals surface area contributed by atoms with Crippen molar-refractivity contribution in [3.05, 3.63) is 64.6 Å². The van der Waals surface area contributed by atoms with Crippen molar-refractivity contribution < 1.29 is 4.79 Å². The number of hydrazone groups is 1. The van der Waals surface area contributed by atoms with Crippen molar-refractivity contribution in [2.45, 2.75) is 8.42 Å². The number of hydrogen-bond donors (Lipinski definition) is 1. The molecule has 0 aliphatic rings. The molecule has 0 saturated carbocycles. The van der Waals surface area contributed by atoms with Gasteiger partial charge in [-0.3, -0.25) is 9.78 Å². The molecule has 0 unspecified atom stereocenters. The van der Waals surface area contributed by atoms with E-state index in [9.17, 15) is 4.79 Å². The van der Waals surface area contributed by atoms with Gasteiger partial charge in [0.15, 0.2) is 0 Å². The maximum Gasteiger partial charge on any atom is 0.271 e. The first-order chi connectivity index (χ1) is 10.8. The van der Waals surface area contributed by atoms with Crippen LogP contribution in [0.2, 0.25) is 0 Å². The monoisotopic (exact) mass is 345 g/mol. The Bertz CT molecular complexity index is 766. The van der Waals surface area contributed by atoms with Gasteiger partial charge in [-0.15, -0.1) is 22.7 Å². The minimum Gasteiger partial charge on any atom is -0.267 e. The molecule has 0 atom stereocenters. The Hall–Kier alpha value is -1.96. The molecule has 3 rings (SSSR count). The third kappa shape index (κ3) is 4.03. The summed E-state index contributed by atoms with van der Waals surface area (Å²) < 4.78 is 2.46. The standard InChI is InChI=1S/C15H11N3OS3/c19-15(11-5-7-16-8-6-11)18-17-10-12-3-4-14(21-12)22-13-2-1-9-20-13/h1-10H,(H,18,19). The van der Waals surface area contributed by atoms with Gasteiger partial charge >= 0.3 is 0 Å². The second-order valence-electron chi connectivity index (χ2n) is 4.13. The highest BCUT2D eigenvalue weighted by atomic mass is 32.2. The van der Waals surface area contributed by atoms with E-state index in [0.29, 0.717) is 5.56 Å². The molecule has 22 heavy (non-hydrogen) atoms. The second kappa shape index (κ2) is 7.35. The molecule has 0 spiro atoms. The van der Waals surface area contributed by atoms with Crippen LogP contribution in [0, 0.1) is 0 Å². The van der Waals surface area contributed by atoms with E-state index in [4.69, 9.17) is 0 Å². The Kier molecular flexibility index (Phi) is 4.99. The largest absolute Gasteiger partial charge is 0.271 e. The summed E-state index contributed by atoms with van der Waals surface area (Å²) in [5.74, 6) is -0.247. The fourth-order valence-corrected chi connectivity index (χ4v) is 4.65. The van der Waals surface area contributed by atoms with Gasteiger partial charge in [0.2, 0.25) is 0 Å². The molecule has 0 saturated heterocycles. The zero-order valence-electron chi connectivity index (χ0n) is 11.3. The van der Waals surface area contributed by atoms with Crippen LogP contribution in [0.15, 0.2) is 67.7 Å². The molecule has 7 heteroatoms. The van der Waals surface area contributed by atoms with Crippen LogP contribution in [-0.4, -0.2) is 17.1 Å². The van der Waals surface area contributed by atoms with Crippen LogP contribution < -0.4 is 5.43 Å². The van der Waals surface area contributed by atoms with Crippen molar-refractivity contribution in [2.24, 2.45) is 5.10 Å². The molecule has 1 amide bonds. The SMILES string of the molecule is O=C(NN=Cc1ccc(Sc2cccs2)s1)c1ccncc1. The van der Waals surface area contributed by atoms with Crippen LogP contribution in [0.25, 0.3) is 0 Å². The molecule has 110 valence electrons. The minimum absolute atomic E-state index is 0.247. The number of rotatable bonds is 5. The first kappa shape index (κ1) is 15.0. The molecular formula is C15H11N3OS3. The van der Waals surface area contributed by atoms with Gasteiger partial charge in [0.05, 0.1) is 14.6 Å². The van der Waals surface area contributed by atoms with Gasteiger partial charge in [0.1, 0.15) is 0 Å². The van der Waals surface area contributed by atoms with E-state index in [2.05, 4.69) is 33.0 Å². The molecular weight excluding hydrogens is 334 g/mol. The highest BCUT2D eigenvalue weighted by Gasteiger charge is 2.03. The van der Waals surface area contributed by atoms with Gasteiger partial charge in [0.25, 0.3) is 5.91 Å². The number of carbonyl (C=O) groups excluding carboxylic acids is 1. The zero-order valence-corrected chi connectivity index (χ0v) is 13.8. The molecule has 0 aliphatic carbocycles. The lowest BCUT2D eigenvalue weighted by atomic mass is 10.3. The van der Waals surface area contributed by atoms with Crippen LogP contribution in [0.3, 0.4) is 0 Å². The van der Waals surface area contributed by atoms with Crippen LogP contribution in [0.5, 0.6) is 0 Å². The quantitative estimate of drug-likeness (QED) is 0.559. The van der Waals surface area contributed by atoms with Gasteiger partial charge in [-0.05, 0) is 35.7 Å². The molecule has 3 aromatic rings. The highest BCUT2D eigenvalue weighted by Crippen LogP contribution is 2.35. The lowest BCUT2D eigenvalue weighted by Gasteiger charge is -1.97. The highest BCUT2D eigenvalue weighted by molar-refractivity contribution is 8.02. The number of nitrogens with one attached hydrogen (secondary N) is 1. The molecule has 0 aromatic carbocycles. The number of amides is 1. The van der Waals surface area contributed by atoms with E-state index < -0.39 is 0 Å². The predicted octanol–water partition coefficient (Wildman–Crippen LogP) is 4.12. The van der Waals surface area contributed by atoms with Crippen molar-refractivity contribution in [1.29, 1.82) is 0 Å². The smallest absolute Gasteiger partial charge is 0.267 e. The number of nitrogens with zero attached hydrogens (tertiary/aromatic N) is 2. The zero-order chi connectivity index (χ0) is 15.2. The summed E-state index contributed by atoms with van der Waals surface area (Å²) in [6.45, 7) is 0. The summed E-state index contributed by atoms with van der Waals surface area (Å²) in [7, 11) is 0. The lowest BCUT2D eigenvalue weighted by molar-refractivity contribution is 0.0955. The van der Waals surface area contributed by atoms with E-state index in [1.54, 1.807) is 65.2 Å². The average molecular weight is 345 g/mol. The van der Waals surface area contributed by atoms with Gasteiger partial charge < -0.3 is 0 Å². The van der Waals surface area contributed by atoms with Gasteiger partial charge in [0, 0.05) is 22.8 Å². The minimum atomic E-state index is -0.247. The second-order valence-corrected chi connectivity index (χ2v) is 7.79. The normalized spacial score (nSPS) is 10.9. The van der Waals surface area contributed by atoms with Crippen LogP contribution >= 0.6 is 34.4 Å². The number of hydrogen-bond acceptors (Lipinski definition) is 6. The number of pyridine rings is 1. The molecule has 0 aliphatic heterocycles. The van der Waals surface area contributed by atoms with E-state index >= 15 is 0 Å². The van der Waals surface area contributed by atoms with Gasteiger partial charge in [-0.2, -0.15) is 5.10 Å². The van der Waals surface area contributed by atoms with Crippen LogP contribution in [0.1, 0.15) is 15.2 Å². The Balaban J connectivity index is 1.57. The summed E-state index contributed by atoms with van der Waals surface area (Å²) in [5, 5.41) is 6.05. The Morgan fingerprint density at radius 3 is 2.82 bits per heavy atom. The molecule has 1 N–H and O–H groups in total. The first-order valence-electron chi connectivity index (χ1n) is 6.36. The summed E-state index contributed by atoms with van der Waals surface area (Å²) >= 11 is 5.09. The summed E-state index contributed by atoms with van der Waals surface area (Å²) in [4.78, 5) is 16.7. The maximum atomic E-state index is 11.8. The predicted molar refractivity (Wildman–Crippen MR) is 92.1 cm³/mol. The fraction of sp³-hybridized carbons (Fsp3) is 0. The molecule has 3 heterocycles. The van der Waals surface area contributed by atoms with E-state index in [-0.39, 0.29) is 5.91 Å². The van der Waals surface area contributed by atoms with E-state index in [0.717, 1.165) is 4.88 Å². The number of aromatic nitrogens is 1. The van der Waals surface area contributed by atoms with E-state index in [1.165, 1.54) is 8.42 Å². The average Bonchev–Trinajstić information content (AvgIpc) is 3.21. The summed E-state index contributed by atoms with van der Waals surface area (Å²) in [6, 6.07) is 11.5. The Morgan fingerprint density at radius 2 is 2.05 bits per heavy atom.